The summed E-state index contributed by atoms with van der Waals surface area (Å²) >= 11 is 0. The van der Waals surface area contributed by atoms with Gasteiger partial charge in [0.25, 0.3) is 0 Å². The molecule has 1 atom stereocenters. The molecule has 3 nitrogen and oxygen atoms in total. The molecular formula is C17H36N2O. The predicted molar refractivity (Wildman–Crippen MR) is 87.7 cm³/mol. The van der Waals surface area contributed by atoms with Crippen LogP contribution < -0.4 is 5.73 Å². The zero-order valence-corrected chi connectivity index (χ0v) is 14.2. The van der Waals surface area contributed by atoms with Crippen molar-refractivity contribution in [1.82, 2.24) is 4.90 Å². The van der Waals surface area contributed by atoms with Gasteiger partial charge >= 0.3 is 0 Å². The number of hydrogen-bond acceptors (Lipinski definition) is 2. The first-order valence-electron chi connectivity index (χ1n) is 8.48. The van der Waals surface area contributed by atoms with Crippen LogP contribution in [0, 0.1) is 5.92 Å². The molecule has 0 bridgehead atoms. The van der Waals surface area contributed by atoms with E-state index in [1.807, 2.05) is 11.9 Å². The molecule has 0 fully saturated rings. The second kappa shape index (κ2) is 12.2. The van der Waals surface area contributed by atoms with E-state index in [9.17, 15) is 4.79 Å². The highest BCUT2D eigenvalue weighted by atomic mass is 16.2. The standard InChI is InChI=1S/C17H36N2O/c1-5-6-7-8-9-10-11-12-17(20)19(4)14-13-16(18)15(2)3/h15-16H,5-14,18H2,1-4H3. The molecule has 0 saturated carbocycles. The van der Waals surface area contributed by atoms with Crippen LogP contribution in [0.5, 0.6) is 0 Å². The summed E-state index contributed by atoms with van der Waals surface area (Å²) in [5.41, 5.74) is 6.01. The average molecular weight is 284 g/mol. The summed E-state index contributed by atoms with van der Waals surface area (Å²) in [6, 6.07) is 0.198. The number of hydrogen-bond donors (Lipinski definition) is 1. The van der Waals surface area contributed by atoms with Gasteiger partial charge in [0.15, 0.2) is 0 Å². The van der Waals surface area contributed by atoms with Crippen LogP contribution in [0.2, 0.25) is 0 Å². The second-order valence-electron chi connectivity index (χ2n) is 6.38. The van der Waals surface area contributed by atoms with Crippen LogP contribution >= 0.6 is 0 Å². The van der Waals surface area contributed by atoms with Crippen molar-refractivity contribution in [3.8, 4) is 0 Å². The third kappa shape index (κ3) is 10.2. The molecule has 1 amide bonds. The topological polar surface area (TPSA) is 46.3 Å². The summed E-state index contributed by atoms with van der Waals surface area (Å²) in [6.45, 7) is 7.28. The molecule has 0 saturated heterocycles. The Morgan fingerprint density at radius 1 is 1.05 bits per heavy atom. The number of rotatable bonds is 12. The van der Waals surface area contributed by atoms with Gasteiger partial charge in [-0.05, 0) is 18.8 Å². The van der Waals surface area contributed by atoms with E-state index in [1.165, 1.54) is 38.5 Å². The molecular weight excluding hydrogens is 248 g/mol. The average Bonchev–Trinajstić information content (AvgIpc) is 2.42. The molecule has 3 heteroatoms. The molecule has 0 aliphatic rings. The molecule has 0 aliphatic heterocycles. The molecule has 0 rings (SSSR count). The predicted octanol–water partition coefficient (Wildman–Crippen LogP) is 3.96. The quantitative estimate of drug-likeness (QED) is 0.551. The van der Waals surface area contributed by atoms with Crippen LogP contribution in [-0.2, 0) is 4.79 Å². The van der Waals surface area contributed by atoms with Gasteiger partial charge in [-0.2, -0.15) is 0 Å². The minimum Gasteiger partial charge on any atom is -0.346 e. The first-order chi connectivity index (χ1) is 9.49. The van der Waals surface area contributed by atoms with Crippen molar-refractivity contribution < 1.29 is 4.79 Å². The van der Waals surface area contributed by atoms with E-state index in [0.29, 0.717) is 12.3 Å². The van der Waals surface area contributed by atoms with Gasteiger partial charge in [-0.25, -0.2) is 0 Å². The summed E-state index contributed by atoms with van der Waals surface area (Å²) in [6.07, 6.45) is 10.4. The van der Waals surface area contributed by atoms with E-state index >= 15 is 0 Å². The fourth-order valence-corrected chi connectivity index (χ4v) is 2.22. The normalized spacial score (nSPS) is 12.7. The van der Waals surface area contributed by atoms with Crippen LogP contribution in [0.3, 0.4) is 0 Å². The summed E-state index contributed by atoms with van der Waals surface area (Å²) < 4.78 is 0. The third-order valence-electron chi connectivity index (χ3n) is 4.07. The lowest BCUT2D eigenvalue weighted by Gasteiger charge is -2.21. The fourth-order valence-electron chi connectivity index (χ4n) is 2.22. The molecule has 0 aromatic carbocycles. The highest BCUT2D eigenvalue weighted by molar-refractivity contribution is 5.75. The summed E-state index contributed by atoms with van der Waals surface area (Å²) in [4.78, 5) is 13.8. The Labute approximate surface area is 126 Å². The molecule has 0 aromatic heterocycles. The van der Waals surface area contributed by atoms with Crippen molar-refractivity contribution >= 4 is 5.91 Å². The van der Waals surface area contributed by atoms with Crippen LogP contribution in [0.15, 0.2) is 0 Å². The van der Waals surface area contributed by atoms with Gasteiger partial charge in [-0.1, -0.05) is 59.3 Å². The lowest BCUT2D eigenvalue weighted by atomic mass is 10.0. The van der Waals surface area contributed by atoms with Crippen molar-refractivity contribution in [2.45, 2.75) is 84.6 Å². The Morgan fingerprint density at radius 3 is 2.15 bits per heavy atom. The number of nitrogens with two attached hydrogens (primary N) is 1. The first-order valence-corrected chi connectivity index (χ1v) is 8.48. The van der Waals surface area contributed by atoms with Crippen molar-refractivity contribution in [1.29, 1.82) is 0 Å². The SMILES string of the molecule is CCCCCCCCCC(=O)N(C)CCC(N)C(C)C. The zero-order valence-electron chi connectivity index (χ0n) is 14.2. The molecule has 0 aromatic rings. The zero-order chi connectivity index (χ0) is 15.4. The van der Waals surface area contributed by atoms with Gasteiger partial charge in [0.1, 0.15) is 0 Å². The Balaban J connectivity index is 3.55. The van der Waals surface area contributed by atoms with Crippen LogP contribution in [-0.4, -0.2) is 30.4 Å². The van der Waals surface area contributed by atoms with E-state index in [-0.39, 0.29) is 11.9 Å². The van der Waals surface area contributed by atoms with Crippen molar-refractivity contribution in [2.75, 3.05) is 13.6 Å². The van der Waals surface area contributed by atoms with E-state index in [0.717, 1.165) is 19.4 Å². The molecule has 0 spiro atoms. The minimum atomic E-state index is 0.198. The monoisotopic (exact) mass is 284 g/mol. The molecule has 0 heterocycles. The Hall–Kier alpha value is -0.570. The van der Waals surface area contributed by atoms with Crippen LogP contribution in [0.1, 0.15) is 78.6 Å². The van der Waals surface area contributed by atoms with Gasteiger partial charge in [0.05, 0.1) is 0 Å². The second-order valence-corrected chi connectivity index (χ2v) is 6.38. The molecule has 1 unspecified atom stereocenters. The smallest absolute Gasteiger partial charge is 0.222 e. The summed E-state index contributed by atoms with van der Waals surface area (Å²) in [5, 5.41) is 0. The lowest BCUT2D eigenvalue weighted by Crippen LogP contribution is -2.34. The Kier molecular flexibility index (Phi) is 11.8. The number of unbranched alkanes of at least 4 members (excludes halogenated alkanes) is 6. The lowest BCUT2D eigenvalue weighted by molar-refractivity contribution is -0.130. The highest BCUT2D eigenvalue weighted by Gasteiger charge is 2.12. The third-order valence-corrected chi connectivity index (χ3v) is 4.07. The van der Waals surface area contributed by atoms with Crippen molar-refractivity contribution in [2.24, 2.45) is 11.7 Å². The van der Waals surface area contributed by atoms with Crippen molar-refractivity contribution in [3.63, 3.8) is 0 Å². The van der Waals surface area contributed by atoms with Crippen LogP contribution in [0.4, 0.5) is 0 Å². The first kappa shape index (κ1) is 19.4. The van der Waals surface area contributed by atoms with Gasteiger partial charge < -0.3 is 10.6 Å². The fraction of sp³-hybridized carbons (Fsp3) is 0.941. The molecule has 2 N–H and O–H groups in total. The van der Waals surface area contributed by atoms with Gasteiger partial charge in [0, 0.05) is 26.1 Å². The van der Waals surface area contributed by atoms with Gasteiger partial charge in [-0.15, -0.1) is 0 Å². The highest BCUT2D eigenvalue weighted by Crippen LogP contribution is 2.10. The Bertz CT molecular complexity index is 241. The van der Waals surface area contributed by atoms with Crippen LogP contribution in [0.25, 0.3) is 0 Å². The molecule has 0 aliphatic carbocycles. The largest absolute Gasteiger partial charge is 0.346 e. The van der Waals surface area contributed by atoms with Gasteiger partial charge in [0.2, 0.25) is 5.91 Å². The maximum atomic E-state index is 11.9. The number of amides is 1. The summed E-state index contributed by atoms with van der Waals surface area (Å²) in [5.74, 6) is 0.760. The maximum Gasteiger partial charge on any atom is 0.222 e. The molecule has 20 heavy (non-hydrogen) atoms. The van der Waals surface area contributed by atoms with E-state index in [4.69, 9.17) is 5.73 Å². The number of carbonyl (C=O) groups excluding carboxylic acids is 1. The minimum absolute atomic E-state index is 0.198. The van der Waals surface area contributed by atoms with E-state index < -0.39 is 0 Å². The molecule has 0 radical (unpaired) electrons. The number of carbonyl (C=O) groups is 1. The van der Waals surface area contributed by atoms with Crippen molar-refractivity contribution in [3.05, 3.63) is 0 Å². The Morgan fingerprint density at radius 2 is 1.60 bits per heavy atom. The van der Waals surface area contributed by atoms with E-state index in [2.05, 4.69) is 20.8 Å². The number of nitrogens with zero attached hydrogens (tertiary/aromatic N) is 1. The van der Waals surface area contributed by atoms with E-state index in [1.54, 1.807) is 0 Å². The maximum absolute atomic E-state index is 11.9. The van der Waals surface area contributed by atoms with Gasteiger partial charge in [-0.3, -0.25) is 4.79 Å². The summed E-state index contributed by atoms with van der Waals surface area (Å²) in [7, 11) is 1.90. The molecule has 120 valence electrons.